The predicted octanol–water partition coefficient (Wildman–Crippen LogP) is 3.96. The van der Waals surface area contributed by atoms with E-state index in [4.69, 9.17) is 22.1 Å². The van der Waals surface area contributed by atoms with E-state index in [1.165, 1.54) is 16.7 Å². The lowest BCUT2D eigenvalue weighted by molar-refractivity contribution is 0.317. The molecule has 0 amide bonds. The highest BCUT2D eigenvalue weighted by atomic mass is 35.5. The van der Waals surface area contributed by atoms with Crippen LogP contribution < -0.4 is 15.8 Å². The van der Waals surface area contributed by atoms with Gasteiger partial charge < -0.3 is 15.8 Å². The van der Waals surface area contributed by atoms with Crippen molar-refractivity contribution in [3.05, 3.63) is 64.2 Å². The summed E-state index contributed by atoms with van der Waals surface area (Å²) in [6.07, 6.45) is 3.01. The fourth-order valence-corrected chi connectivity index (χ4v) is 3.52. The zero-order valence-corrected chi connectivity index (χ0v) is 16.1. The monoisotopic (exact) mass is 380 g/mol. The minimum absolute atomic E-state index is 0. The van der Waals surface area contributed by atoms with E-state index in [0.717, 1.165) is 36.6 Å². The van der Waals surface area contributed by atoms with Gasteiger partial charge in [0, 0.05) is 23.5 Å². The molecule has 0 bridgehead atoms. The Morgan fingerprint density at radius 3 is 2.68 bits per heavy atom. The van der Waals surface area contributed by atoms with Gasteiger partial charge in [-0.1, -0.05) is 29.8 Å². The summed E-state index contributed by atoms with van der Waals surface area (Å²) in [5.41, 5.74) is 10.5. The van der Waals surface area contributed by atoms with Gasteiger partial charge in [-0.2, -0.15) is 0 Å². The Hall–Kier alpha value is -1.26. The van der Waals surface area contributed by atoms with Crippen LogP contribution in [0.3, 0.4) is 0 Å². The maximum absolute atomic E-state index is 6.47. The summed E-state index contributed by atoms with van der Waals surface area (Å²) in [6.45, 7) is 1.51. The zero-order chi connectivity index (χ0) is 16.9. The van der Waals surface area contributed by atoms with Gasteiger partial charge in [-0.05, 0) is 67.3 Å². The van der Waals surface area contributed by atoms with Crippen molar-refractivity contribution < 1.29 is 4.74 Å². The lowest BCUT2D eigenvalue weighted by Gasteiger charge is -2.32. The molecule has 0 aromatic heterocycles. The first-order valence-electron chi connectivity index (χ1n) is 8.57. The maximum atomic E-state index is 6.47. The number of nitrogens with one attached hydrogen (secondary N) is 1. The molecule has 0 fully saturated rings. The molecule has 3 N–H and O–H groups in total. The summed E-state index contributed by atoms with van der Waals surface area (Å²) in [4.78, 5) is 0. The third-order valence-corrected chi connectivity index (χ3v) is 5.02. The Labute approximate surface area is 161 Å². The standard InChI is InChI=1S/C20H25ClN2O.ClH/c1-23-10-11-24-17-8-4-15-5-9-20(22)19(18(15)13-17)12-14-2-6-16(21)7-3-14;/h2-4,6-8,13,19-20,23H,5,9-12,22H2,1H3;1H. The Balaban J connectivity index is 0.00000225. The molecule has 1 aliphatic carbocycles. The van der Waals surface area contributed by atoms with Crippen LogP contribution >= 0.6 is 24.0 Å². The first-order chi connectivity index (χ1) is 11.7. The van der Waals surface area contributed by atoms with Gasteiger partial charge in [0.25, 0.3) is 0 Å². The molecule has 25 heavy (non-hydrogen) atoms. The third-order valence-electron chi connectivity index (χ3n) is 4.77. The Morgan fingerprint density at radius 2 is 1.96 bits per heavy atom. The molecule has 1 aliphatic rings. The summed E-state index contributed by atoms with van der Waals surface area (Å²) < 4.78 is 5.84. The number of halogens is 2. The lowest BCUT2D eigenvalue weighted by atomic mass is 9.76. The van der Waals surface area contributed by atoms with Crippen LogP contribution in [0.2, 0.25) is 5.02 Å². The number of fused-ring (bicyclic) bond motifs is 1. The molecule has 0 spiro atoms. The van der Waals surface area contributed by atoms with Crippen molar-refractivity contribution >= 4 is 24.0 Å². The van der Waals surface area contributed by atoms with Crippen molar-refractivity contribution in [2.24, 2.45) is 5.73 Å². The topological polar surface area (TPSA) is 47.3 Å². The maximum Gasteiger partial charge on any atom is 0.119 e. The van der Waals surface area contributed by atoms with Crippen LogP contribution in [-0.2, 0) is 12.8 Å². The van der Waals surface area contributed by atoms with Gasteiger partial charge in [0.05, 0.1) is 0 Å². The first-order valence-corrected chi connectivity index (χ1v) is 8.95. The minimum atomic E-state index is 0. The minimum Gasteiger partial charge on any atom is -0.492 e. The number of aryl methyl sites for hydroxylation is 1. The van der Waals surface area contributed by atoms with Crippen LogP contribution in [0.5, 0.6) is 5.75 Å². The molecule has 0 radical (unpaired) electrons. The predicted molar refractivity (Wildman–Crippen MR) is 107 cm³/mol. The van der Waals surface area contributed by atoms with Crippen molar-refractivity contribution in [2.75, 3.05) is 20.2 Å². The molecule has 2 unspecified atom stereocenters. The number of rotatable bonds is 6. The fraction of sp³-hybridized carbons (Fsp3) is 0.400. The van der Waals surface area contributed by atoms with E-state index in [9.17, 15) is 0 Å². The van der Waals surface area contributed by atoms with E-state index in [1.807, 2.05) is 19.2 Å². The van der Waals surface area contributed by atoms with Crippen LogP contribution in [0.25, 0.3) is 0 Å². The van der Waals surface area contributed by atoms with Crippen molar-refractivity contribution in [1.29, 1.82) is 0 Å². The molecule has 2 aromatic rings. The number of ether oxygens (including phenoxy) is 1. The molecule has 0 saturated carbocycles. The van der Waals surface area contributed by atoms with E-state index >= 15 is 0 Å². The molecule has 2 aromatic carbocycles. The van der Waals surface area contributed by atoms with Crippen molar-refractivity contribution in [1.82, 2.24) is 5.32 Å². The normalized spacial score (nSPS) is 19.0. The second-order valence-corrected chi connectivity index (χ2v) is 6.89. The molecule has 2 atom stereocenters. The van der Waals surface area contributed by atoms with Gasteiger partial charge in [-0.3, -0.25) is 0 Å². The molecule has 3 nitrogen and oxygen atoms in total. The van der Waals surface area contributed by atoms with Crippen molar-refractivity contribution in [3.63, 3.8) is 0 Å². The van der Waals surface area contributed by atoms with E-state index in [-0.39, 0.29) is 18.4 Å². The van der Waals surface area contributed by atoms with Gasteiger partial charge >= 0.3 is 0 Å². The van der Waals surface area contributed by atoms with Crippen LogP contribution in [0.1, 0.15) is 29.0 Å². The highest BCUT2D eigenvalue weighted by Gasteiger charge is 2.27. The van der Waals surface area contributed by atoms with E-state index in [1.54, 1.807) is 0 Å². The second kappa shape index (κ2) is 9.44. The van der Waals surface area contributed by atoms with E-state index in [2.05, 4.69) is 35.6 Å². The highest BCUT2D eigenvalue weighted by molar-refractivity contribution is 6.30. The molecular formula is C20H26Cl2N2O. The summed E-state index contributed by atoms with van der Waals surface area (Å²) in [5, 5.41) is 3.87. The molecule has 3 rings (SSSR count). The van der Waals surface area contributed by atoms with Gasteiger partial charge in [0.15, 0.2) is 0 Å². The van der Waals surface area contributed by atoms with Crippen LogP contribution in [0, 0.1) is 0 Å². The molecule has 136 valence electrons. The quantitative estimate of drug-likeness (QED) is 0.745. The van der Waals surface area contributed by atoms with E-state index < -0.39 is 0 Å². The largest absolute Gasteiger partial charge is 0.492 e. The van der Waals surface area contributed by atoms with Gasteiger partial charge in [-0.25, -0.2) is 0 Å². The summed E-state index contributed by atoms with van der Waals surface area (Å²) >= 11 is 6.00. The highest BCUT2D eigenvalue weighted by Crippen LogP contribution is 2.36. The SMILES string of the molecule is CNCCOc1ccc2c(c1)C(Cc1ccc(Cl)cc1)C(N)CC2.Cl. The van der Waals surface area contributed by atoms with Gasteiger partial charge in [0.2, 0.25) is 0 Å². The Kier molecular flexibility index (Phi) is 7.57. The lowest BCUT2D eigenvalue weighted by Crippen LogP contribution is -2.34. The summed E-state index contributed by atoms with van der Waals surface area (Å²) in [6, 6.07) is 14.7. The number of likely N-dealkylation sites (N-methyl/N-ethyl adjacent to an activating group) is 1. The average molecular weight is 381 g/mol. The first kappa shape index (κ1) is 20.1. The van der Waals surface area contributed by atoms with Crippen molar-refractivity contribution in [3.8, 4) is 5.75 Å². The van der Waals surface area contributed by atoms with Crippen molar-refractivity contribution in [2.45, 2.75) is 31.2 Å². The number of benzene rings is 2. The number of hydrogen-bond donors (Lipinski definition) is 2. The molecule has 5 heteroatoms. The van der Waals surface area contributed by atoms with Crippen LogP contribution in [-0.4, -0.2) is 26.2 Å². The second-order valence-electron chi connectivity index (χ2n) is 6.45. The van der Waals surface area contributed by atoms with Gasteiger partial charge in [-0.15, -0.1) is 12.4 Å². The molecular weight excluding hydrogens is 355 g/mol. The number of nitrogens with two attached hydrogens (primary N) is 1. The zero-order valence-electron chi connectivity index (χ0n) is 14.5. The van der Waals surface area contributed by atoms with E-state index in [0.29, 0.717) is 12.5 Å². The Morgan fingerprint density at radius 1 is 1.20 bits per heavy atom. The smallest absolute Gasteiger partial charge is 0.119 e. The summed E-state index contributed by atoms with van der Waals surface area (Å²) in [5.74, 6) is 1.25. The van der Waals surface area contributed by atoms with Crippen LogP contribution in [0.4, 0.5) is 0 Å². The number of hydrogen-bond acceptors (Lipinski definition) is 3. The third kappa shape index (κ3) is 5.11. The summed E-state index contributed by atoms with van der Waals surface area (Å²) in [7, 11) is 1.93. The molecule has 0 saturated heterocycles. The van der Waals surface area contributed by atoms with Crippen LogP contribution in [0.15, 0.2) is 42.5 Å². The average Bonchev–Trinajstić information content (AvgIpc) is 2.59. The van der Waals surface area contributed by atoms with Gasteiger partial charge in [0.1, 0.15) is 12.4 Å². The Bertz CT molecular complexity index is 676. The molecule has 0 heterocycles. The molecule has 0 aliphatic heterocycles. The fourth-order valence-electron chi connectivity index (χ4n) is 3.40.